The summed E-state index contributed by atoms with van der Waals surface area (Å²) in [5, 5.41) is 3.42. The van der Waals surface area contributed by atoms with E-state index >= 15 is 0 Å². The van der Waals surface area contributed by atoms with Crippen LogP contribution in [0.1, 0.15) is 18.1 Å². The molecular formula is C15H19BrCl2N2O. The zero-order valence-corrected chi connectivity index (χ0v) is 14.9. The Hall–Kier alpha value is -0.810. The summed E-state index contributed by atoms with van der Waals surface area (Å²) in [6.07, 6.45) is 3.61. The van der Waals surface area contributed by atoms with Crippen LogP contribution in [0.5, 0.6) is 5.75 Å². The number of hydrogen-bond donors (Lipinski definition) is 1. The number of hydrogen-bond acceptors (Lipinski definition) is 3. The van der Waals surface area contributed by atoms with Crippen molar-refractivity contribution in [2.24, 2.45) is 0 Å². The molecule has 0 aliphatic heterocycles. The van der Waals surface area contributed by atoms with E-state index in [9.17, 15) is 0 Å². The molecule has 0 radical (unpaired) electrons. The maximum atomic E-state index is 5.62. The molecule has 0 spiro atoms. The number of benzene rings is 1. The number of nitrogens with zero attached hydrogens (tertiary/aromatic N) is 1. The van der Waals surface area contributed by atoms with Crippen molar-refractivity contribution in [3.8, 4) is 5.75 Å². The molecule has 1 N–H and O–H groups in total. The van der Waals surface area contributed by atoms with Gasteiger partial charge >= 0.3 is 0 Å². The lowest BCUT2D eigenvalue weighted by molar-refractivity contribution is 0.335. The first-order chi connectivity index (χ1) is 9.29. The first-order valence-electron chi connectivity index (χ1n) is 6.30. The first kappa shape index (κ1) is 20.2. The summed E-state index contributed by atoms with van der Waals surface area (Å²) in [6, 6.07) is 10.1. The molecule has 0 amide bonds. The molecule has 0 aliphatic carbocycles. The molecule has 116 valence electrons. The van der Waals surface area contributed by atoms with Crippen molar-refractivity contribution < 1.29 is 4.74 Å². The molecule has 0 saturated heterocycles. The van der Waals surface area contributed by atoms with Gasteiger partial charge in [0.25, 0.3) is 0 Å². The highest BCUT2D eigenvalue weighted by atomic mass is 79.9. The molecule has 2 rings (SSSR count). The monoisotopic (exact) mass is 392 g/mol. The van der Waals surface area contributed by atoms with Gasteiger partial charge in [0, 0.05) is 35.5 Å². The van der Waals surface area contributed by atoms with Gasteiger partial charge in [0.2, 0.25) is 0 Å². The van der Waals surface area contributed by atoms with Gasteiger partial charge in [0.1, 0.15) is 5.75 Å². The molecule has 1 heterocycles. The van der Waals surface area contributed by atoms with Crippen molar-refractivity contribution in [2.45, 2.75) is 20.0 Å². The third-order valence-electron chi connectivity index (χ3n) is 2.72. The number of pyridine rings is 1. The summed E-state index contributed by atoms with van der Waals surface area (Å²) in [5.41, 5.74) is 2.38. The van der Waals surface area contributed by atoms with Gasteiger partial charge in [0.15, 0.2) is 0 Å². The molecule has 0 bridgehead atoms. The van der Waals surface area contributed by atoms with Crippen LogP contribution in [0.25, 0.3) is 0 Å². The molecule has 1 aromatic carbocycles. The molecule has 0 saturated carbocycles. The Labute approximate surface area is 146 Å². The molecule has 0 atom stereocenters. The van der Waals surface area contributed by atoms with Crippen LogP contribution in [0.4, 0.5) is 0 Å². The van der Waals surface area contributed by atoms with Gasteiger partial charge in [-0.15, -0.1) is 24.8 Å². The minimum absolute atomic E-state index is 0. The Kier molecular flexibility index (Phi) is 10.4. The molecule has 0 unspecified atom stereocenters. The topological polar surface area (TPSA) is 34.1 Å². The lowest BCUT2D eigenvalue weighted by Gasteiger charge is -2.11. The van der Waals surface area contributed by atoms with Gasteiger partial charge in [-0.05, 0) is 42.8 Å². The molecule has 3 nitrogen and oxygen atoms in total. The van der Waals surface area contributed by atoms with Crippen molar-refractivity contribution in [1.29, 1.82) is 0 Å². The van der Waals surface area contributed by atoms with E-state index in [1.165, 1.54) is 5.56 Å². The number of ether oxygens (including phenoxy) is 1. The second-order valence-corrected chi connectivity index (χ2v) is 5.06. The van der Waals surface area contributed by atoms with Crippen molar-refractivity contribution in [3.63, 3.8) is 0 Å². The Morgan fingerprint density at radius 1 is 1.10 bits per heavy atom. The smallest absolute Gasteiger partial charge is 0.123 e. The minimum Gasteiger partial charge on any atom is -0.494 e. The lowest BCUT2D eigenvalue weighted by Crippen LogP contribution is -2.13. The summed E-state index contributed by atoms with van der Waals surface area (Å²) < 4.78 is 6.69. The Morgan fingerprint density at radius 2 is 1.81 bits per heavy atom. The van der Waals surface area contributed by atoms with Gasteiger partial charge in [-0.1, -0.05) is 15.9 Å². The summed E-state index contributed by atoms with van der Waals surface area (Å²) in [5.74, 6) is 0.938. The fourth-order valence-corrected chi connectivity index (χ4v) is 2.23. The predicted molar refractivity (Wildman–Crippen MR) is 94.6 cm³/mol. The SMILES string of the molecule is CCOc1ccc(Br)cc1CNCc1ccncc1.Cl.Cl. The van der Waals surface area contributed by atoms with Crippen LogP contribution >= 0.6 is 40.7 Å². The Morgan fingerprint density at radius 3 is 2.48 bits per heavy atom. The van der Waals surface area contributed by atoms with E-state index in [4.69, 9.17) is 4.74 Å². The van der Waals surface area contributed by atoms with Crippen LogP contribution < -0.4 is 10.1 Å². The van der Waals surface area contributed by atoms with E-state index < -0.39 is 0 Å². The van der Waals surface area contributed by atoms with E-state index in [1.54, 1.807) is 0 Å². The first-order valence-corrected chi connectivity index (χ1v) is 7.09. The largest absolute Gasteiger partial charge is 0.494 e. The third-order valence-corrected chi connectivity index (χ3v) is 3.21. The molecule has 0 fully saturated rings. The van der Waals surface area contributed by atoms with E-state index in [-0.39, 0.29) is 24.8 Å². The van der Waals surface area contributed by atoms with Crippen LogP contribution in [0.15, 0.2) is 47.2 Å². The fraction of sp³-hybridized carbons (Fsp3) is 0.267. The second-order valence-electron chi connectivity index (χ2n) is 4.14. The maximum Gasteiger partial charge on any atom is 0.123 e. The van der Waals surface area contributed by atoms with Crippen LogP contribution in [0.2, 0.25) is 0 Å². The molecular weight excluding hydrogens is 375 g/mol. The molecule has 6 heteroatoms. The molecule has 21 heavy (non-hydrogen) atoms. The van der Waals surface area contributed by atoms with Gasteiger partial charge in [-0.3, -0.25) is 4.98 Å². The van der Waals surface area contributed by atoms with Gasteiger partial charge in [-0.25, -0.2) is 0 Å². The summed E-state index contributed by atoms with van der Waals surface area (Å²) in [7, 11) is 0. The average Bonchev–Trinajstić information content (AvgIpc) is 2.43. The lowest BCUT2D eigenvalue weighted by atomic mass is 10.2. The van der Waals surface area contributed by atoms with E-state index in [1.807, 2.05) is 43.6 Å². The van der Waals surface area contributed by atoms with Crippen molar-refractivity contribution in [2.75, 3.05) is 6.61 Å². The normalized spacial score (nSPS) is 9.43. The minimum atomic E-state index is 0. The quantitative estimate of drug-likeness (QED) is 0.790. The van der Waals surface area contributed by atoms with E-state index in [0.29, 0.717) is 6.61 Å². The van der Waals surface area contributed by atoms with Crippen molar-refractivity contribution in [1.82, 2.24) is 10.3 Å². The zero-order chi connectivity index (χ0) is 13.5. The van der Waals surface area contributed by atoms with Gasteiger partial charge < -0.3 is 10.1 Å². The van der Waals surface area contributed by atoms with E-state index in [2.05, 4.69) is 32.3 Å². The fourth-order valence-electron chi connectivity index (χ4n) is 1.82. The summed E-state index contributed by atoms with van der Waals surface area (Å²) in [6.45, 7) is 4.27. The van der Waals surface area contributed by atoms with Crippen LogP contribution in [0.3, 0.4) is 0 Å². The van der Waals surface area contributed by atoms with Crippen molar-refractivity contribution in [3.05, 3.63) is 58.3 Å². The highest BCUT2D eigenvalue weighted by molar-refractivity contribution is 9.10. The third kappa shape index (κ3) is 6.66. The van der Waals surface area contributed by atoms with Crippen LogP contribution in [-0.2, 0) is 13.1 Å². The Bertz CT molecular complexity index is 526. The number of aromatic nitrogens is 1. The maximum absolute atomic E-state index is 5.62. The van der Waals surface area contributed by atoms with E-state index in [0.717, 1.165) is 28.9 Å². The zero-order valence-electron chi connectivity index (χ0n) is 11.7. The second kappa shape index (κ2) is 10.9. The van der Waals surface area contributed by atoms with Gasteiger partial charge in [-0.2, -0.15) is 0 Å². The summed E-state index contributed by atoms with van der Waals surface area (Å²) in [4.78, 5) is 4.01. The number of nitrogens with one attached hydrogen (secondary N) is 1. The highest BCUT2D eigenvalue weighted by Crippen LogP contribution is 2.23. The molecule has 1 aromatic heterocycles. The van der Waals surface area contributed by atoms with Crippen molar-refractivity contribution >= 4 is 40.7 Å². The molecule has 0 aliphatic rings. The van der Waals surface area contributed by atoms with Gasteiger partial charge in [0.05, 0.1) is 6.61 Å². The Balaban J connectivity index is 0.00000200. The number of rotatable bonds is 6. The highest BCUT2D eigenvalue weighted by Gasteiger charge is 2.04. The predicted octanol–water partition coefficient (Wildman–Crippen LogP) is 4.38. The van der Waals surface area contributed by atoms with Crippen LogP contribution in [0, 0.1) is 0 Å². The summed E-state index contributed by atoms with van der Waals surface area (Å²) >= 11 is 3.49. The molecule has 2 aromatic rings. The average molecular weight is 394 g/mol. The van der Waals surface area contributed by atoms with Crippen LogP contribution in [-0.4, -0.2) is 11.6 Å². The number of halogens is 3. The standard InChI is InChI=1S/C15H17BrN2O.2ClH/c1-2-19-15-4-3-14(16)9-13(15)11-18-10-12-5-7-17-8-6-12;;/h3-9,18H,2,10-11H2,1H3;2*1H.